The molecule has 4 fully saturated rings. The van der Waals surface area contributed by atoms with E-state index in [-0.39, 0.29) is 23.9 Å². The van der Waals surface area contributed by atoms with Crippen LogP contribution in [0.1, 0.15) is 47.2 Å². The van der Waals surface area contributed by atoms with Crippen LogP contribution in [0, 0.1) is 17.6 Å². The highest BCUT2D eigenvalue weighted by Gasteiger charge is 2.49. The molecule has 4 aliphatic heterocycles. The van der Waals surface area contributed by atoms with Gasteiger partial charge in [0.05, 0.1) is 37.7 Å². The van der Waals surface area contributed by atoms with Gasteiger partial charge in [0.25, 0.3) is 0 Å². The number of hydrogen-bond donors (Lipinski definition) is 2. The van der Waals surface area contributed by atoms with Crippen molar-refractivity contribution in [1.29, 1.82) is 0 Å². The average Bonchev–Trinajstić information content (AvgIpc) is 3.09. The van der Waals surface area contributed by atoms with Gasteiger partial charge in [0.1, 0.15) is 36.3 Å². The molecule has 1 amide bonds. The summed E-state index contributed by atoms with van der Waals surface area (Å²) in [7, 11) is 0. The van der Waals surface area contributed by atoms with E-state index in [0.29, 0.717) is 35.6 Å². The molecule has 4 aliphatic rings. The lowest BCUT2D eigenvalue weighted by molar-refractivity contribution is -0.953. The molecule has 1 unspecified atom stereocenters. The first-order valence-electron chi connectivity index (χ1n) is 16.4. The van der Waals surface area contributed by atoms with Crippen LogP contribution in [0.5, 0.6) is 11.5 Å². The number of phenolic OH excluding ortho intramolecular Hbond substituents is 1. The van der Waals surface area contributed by atoms with Gasteiger partial charge in [0, 0.05) is 42.5 Å². The van der Waals surface area contributed by atoms with E-state index in [9.17, 15) is 23.8 Å². The number of halogens is 2. The van der Waals surface area contributed by atoms with Gasteiger partial charge < -0.3 is 24.3 Å². The minimum Gasteiger partial charge on any atom is -0.507 e. The van der Waals surface area contributed by atoms with Crippen molar-refractivity contribution in [1.82, 2.24) is 4.90 Å². The molecule has 0 aliphatic carbocycles. The second-order valence-electron chi connectivity index (χ2n) is 13.2. The molecule has 0 aromatic heterocycles. The summed E-state index contributed by atoms with van der Waals surface area (Å²) in [6.45, 7) is 8.66. The Morgan fingerprint density at radius 1 is 0.830 bits per heavy atom. The summed E-state index contributed by atoms with van der Waals surface area (Å²) >= 11 is 0. The van der Waals surface area contributed by atoms with E-state index < -0.39 is 23.9 Å². The Balaban J connectivity index is 1.03. The zero-order valence-electron chi connectivity index (χ0n) is 26.3. The van der Waals surface area contributed by atoms with Crippen molar-refractivity contribution < 1.29 is 33.0 Å². The molecule has 47 heavy (non-hydrogen) atoms. The number of aromatic hydroxyl groups is 1. The van der Waals surface area contributed by atoms with E-state index in [1.807, 2.05) is 0 Å². The third-order valence-corrected chi connectivity index (χ3v) is 10.3. The minimum absolute atomic E-state index is 0.0119. The Kier molecular flexibility index (Phi) is 8.70. The Hall–Kier alpha value is -4.31. The number of aliphatic hydroxyl groups excluding tert-OH is 1. The molecular formula is C38H40F2N3O4+. The fraction of sp³-hybridized carbons (Fsp3) is 0.342. The predicted molar refractivity (Wildman–Crippen MR) is 175 cm³/mol. The van der Waals surface area contributed by atoms with E-state index >= 15 is 0 Å². The van der Waals surface area contributed by atoms with Crippen LogP contribution >= 0.6 is 0 Å². The number of carbonyl (C=O) groups is 1. The van der Waals surface area contributed by atoms with Crippen LogP contribution in [0.15, 0.2) is 91.0 Å². The number of β-lactam (4-membered cyclic amide) rings is 1. The summed E-state index contributed by atoms with van der Waals surface area (Å²) in [5.74, 6) is -1.01. The first kappa shape index (κ1) is 31.3. The lowest BCUT2D eigenvalue weighted by atomic mass is 9.78. The minimum atomic E-state index is -0.874. The summed E-state index contributed by atoms with van der Waals surface area (Å²) < 4.78 is 34.3. The molecular weight excluding hydrogens is 600 g/mol. The van der Waals surface area contributed by atoms with E-state index in [1.165, 1.54) is 85.7 Å². The highest BCUT2D eigenvalue weighted by atomic mass is 19.1. The van der Waals surface area contributed by atoms with Crippen molar-refractivity contribution in [3.8, 4) is 11.5 Å². The third kappa shape index (κ3) is 6.61. The number of benzene rings is 4. The number of anilines is 1. The summed E-state index contributed by atoms with van der Waals surface area (Å²) in [5, 5.41) is 21.9. The van der Waals surface area contributed by atoms with Gasteiger partial charge in [-0.05, 0) is 72.5 Å². The average molecular weight is 641 g/mol. The van der Waals surface area contributed by atoms with Crippen LogP contribution in [0.25, 0.3) is 0 Å². The smallest absolute Gasteiger partial charge is 0.233 e. The van der Waals surface area contributed by atoms with Crippen LogP contribution < -0.4 is 9.64 Å². The number of rotatable bonds is 11. The highest BCUT2D eigenvalue weighted by Crippen LogP contribution is 2.49. The van der Waals surface area contributed by atoms with Crippen molar-refractivity contribution in [3.63, 3.8) is 0 Å². The molecule has 4 heterocycles. The number of amides is 1. The molecule has 4 aromatic carbocycles. The normalized spacial score (nSPS) is 24.2. The van der Waals surface area contributed by atoms with Crippen molar-refractivity contribution in [2.24, 2.45) is 5.92 Å². The Morgan fingerprint density at radius 3 is 2.09 bits per heavy atom. The fourth-order valence-electron chi connectivity index (χ4n) is 7.39. The second kappa shape index (κ2) is 13.1. The molecule has 4 aromatic rings. The van der Waals surface area contributed by atoms with E-state index in [1.54, 1.807) is 35.2 Å². The summed E-state index contributed by atoms with van der Waals surface area (Å²) in [6.07, 6.45) is -0.261. The zero-order valence-corrected chi connectivity index (χ0v) is 26.3. The molecule has 9 heteroatoms. The Morgan fingerprint density at radius 2 is 1.45 bits per heavy atom. The van der Waals surface area contributed by atoms with Crippen molar-refractivity contribution >= 4 is 11.6 Å². The monoisotopic (exact) mass is 640 g/mol. The number of ether oxygens (including phenoxy) is 1. The number of carbonyl (C=O) groups excluding carboxylic acids is 1. The standard InChI is InChI=1S/C38H39F2N3O4/c39-29-7-5-28(6-8-29)35(44)16-15-34-37(42(38(34)46)31-11-9-30(40)10-12-31)33-14-13-32(23-36(33)45)47-25-27-3-1-26(2-4-27)24-43-20-17-41(18-21-43)19-22-43/h1-14,23,34-35,37,44H,15-22,24-25H2/p+1/t34?,35-,37+/m0/s1. The first-order chi connectivity index (χ1) is 22.8. The number of piperazine rings is 3. The van der Waals surface area contributed by atoms with Gasteiger partial charge in [-0.3, -0.25) is 9.69 Å². The van der Waals surface area contributed by atoms with Crippen LogP contribution in [-0.2, 0) is 17.9 Å². The van der Waals surface area contributed by atoms with Crippen molar-refractivity contribution in [3.05, 3.63) is 125 Å². The van der Waals surface area contributed by atoms with Gasteiger partial charge in [-0.1, -0.05) is 36.4 Å². The first-order valence-corrected chi connectivity index (χ1v) is 16.4. The zero-order chi connectivity index (χ0) is 32.5. The summed E-state index contributed by atoms with van der Waals surface area (Å²) in [6, 6.07) is 24.5. The van der Waals surface area contributed by atoms with Gasteiger partial charge in [-0.15, -0.1) is 0 Å². The number of fused-ring (bicyclic) bond motifs is 3. The molecule has 0 radical (unpaired) electrons. The topological polar surface area (TPSA) is 73.2 Å². The maximum Gasteiger partial charge on any atom is 0.233 e. The third-order valence-electron chi connectivity index (χ3n) is 10.3. The van der Waals surface area contributed by atoms with Crippen LogP contribution in [0.3, 0.4) is 0 Å². The number of hydrogen-bond acceptors (Lipinski definition) is 5. The van der Waals surface area contributed by atoms with Gasteiger partial charge in [0.2, 0.25) is 5.91 Å². The van der Waals surface area contributed by atoms with Gasteiger partial charge in [-0.25, -0.2) is 8.78 Å². The second-order valence-corrected chi connectivity index (χ2v) is 13.2. The molecule has 2 bridgehead atoms. The molecule has 7 nitrogen and oxygen atoms in total. The van der Waals surface area contributed by atoms with Gasteiger partial charge >= 0.3 is 0 Å². The number of nitrogens with zero attached hydrogens (tertiary/aromatic N) is 3. The van der Waals surface area contributed by atoms with Crippen LogP contribution in [0.4, 0.5) is 14.5 Å². The van der Waals surface area contributed by atoms with E-state index in [2.05, 4.69) is 29.2 Å². The predicted octanol–water partition coefficient (Wildman–Crippen LogP) is 6.11. The molecule has 244 valence electrons. The quantitative estimate of drug-likeness (QED) is 0.153. The van der Waals surface area contributed by atoms with Crippen LogP contribution in [0.2, 0.25) is 0 Å². The molecule has 3 atom stereocenters. The van der Waals surface area contributed by atoms with E-state index in [4.69, 9.17) is 4.74 Å². The fourth-order valence-corrected chi connectivity index (χ4v) is 7.39. The highest BCUT2D eigenvalue weighted by molar-refractivity contribution is 6.03. The largest absolute Gasteiger partial charge is 0.507 e. The molecule has 0 saturated carbocycles. The number of phenols is 1. The number of aliphatic hydroxyl groups is 1. The van der Waals surface area contributed by atoms with Crippen molar-refractivity contribution in [2.45, 2.75) is 38.1 Å². The summed E-state index contributed by atoms with van der Waals surface area (Å²) in [4.78, 5) is 17.5. The maximum absolute atomic E-state index is 13.7. The van der Waals surface area contributed by atoms with Gasteiger partial charge in [0.15, 0.2) is 0 Å². The molecule has 4 saturated heterocycles. The lowest BCUT2D eigenvalue weighted by Crippen LogP contribution is -2.66. The summed E-state index contributed by atoms with van der Waals surface area (Å²) in [5.41, 5.74) is 4.00. The van der Waals surface area contributed by atoms with E-state index in [0.717, 1.165) is 12.1 Å². The SMILES string of the molecule is O=C1C(CC[C@H](O)c2ccc(F)cc2)[C@@H](c2ccc(OCc3ccc(C[N+]45CCN(CC4)CC5)cc3)cc2O)N1c1ccc(F)cc1. The van der Waals surface area contributed by atoms with Gasteiger partial charge in [-0.2, -0.15) is 0 Å². The Labute approximate surface area is 273 Å². The maximum atomic E-state index is 13.7. The number of quaternary nitrogens is 1. The molecule has 0 spiro atoms. The lowest BCUT2D eigenvalue weighted by Gasteiger charge is -2.50. The van der Waals surface area contributed by atoms with Crippen molar-refractivity contribution in [2.75, 3.05) is 44.2 Å². The Bertz CT molecular complexity index is 1690. The van der Waals surface area contributed by atoms with Crippen LogP contribution in [-0.4, -0.2) is 64.8 Å². The molecule has 2 N–H and O–H groups in total. The molecule has 8 rings (SSSR count).